The molecule has 1 aromatic carbocycles. The van der Waals surface area contributed by atoms with Gasteiger partial charge in [0.05, 0.1) is 11.7 Å². The molecule has 0 fully saturated rings. The van der Waals surface area contributed by atoms with Crippen LogP contribution in [0.3, 0.4) is 0 Å². The van der Waals surface area contributed by atoms with Crippen LogP contribution in [-0.4, -0.2) is 23.4 Å². The van der Waals surface area contributed by atoms with Crippen LogP contribution in [0.25, 0.3) is 10.9 Å². The molecule has 1 heterocycles. The zero-order valence-electron chi connectivity index (χ0n) is 10.2. The lowest BCUT2D eigenvalue weighted by atomic mass is 9.93. The Morgan fingerprint density at radius 3 is 2.81 bits per heavy atom. The summed E-state index contributed by atoms with van der Waals surface area (Å²) in [5.41, 5.74) is 1.43. The van der Waals surface area contributed by atoms with E-state index in [0.29, 0.717) is 0 Å². The zero-order valence-corrected chi connectivity index (χ0v) is 10.2. The van der Waals surface area contributed by atoms with Gasteiger partial charge >= 0.3 is 0 Å². The lowest BCUT2D eigenvalue weighted by molar-refractivity contribution is 0.288. The van der Waals surface area contributed by atoms with Gasteiger partial charge in [-0.05, 0) is 18.5 Å². The van der Waals surface area contributed by atoms with E-state index in [-0.39, 0.29) is 5.41 Å². The first kappa shape index (κ1) is 11.1. The highest BCUT2D eigenvalue weighted by atomic mass is 15.3. The van der Waals surface area contributed by atoms with Gasteiger partial charge in [-0.15, -0.1) is 0 Å². The summed E-state index contributed by atoms with van der Waals surface area (Å²) in [6.45, 7) is 6.42. The van der Waals surface area contributed by atoms with Crippen LogP contribution in [0.15, 0.2) is 30.5 Å². The van der Waals surface area contributed by atoms with E-state index in [0.717, 1.165) is 13.1 Å². The molecule has 0 aliphatic rings. The molecule has 3 heteroatoms. The predicted octanol–water partition coefficient (Wildman–Crippen LogP) is 2.28. The molecule has 86 valence electrons. The van der Waals surface area contributed by atoms with E-state index in [1.54, 1.807) is 0 Å². The summed E-state index contributed by atoms with van der Waals surface area (Å²) in [5.74, 6) is 0. The van der Waals surface area contributed by atoms with Crippen molar-refractivity contribution < 1.29 is 0 Å². The molecule has 0 aliphatic heterocycles. The summed E-state index contributed by atoms with van der Waals surface area (Å²) < 4.78 is 2.09. The van der Waals surface area contributed by atoms with Crippen molar-refractivity contribution in [2.24, 2.45) is 5.41 Å². The molecule has 2 aromatic rings. The summed E-state index contributed by atoms with van der Waals surface area (Å²) in [4.78, 5) is 0. The first-order valence-corrected chi connectivity index (χ1v) is 5.67. The van der Waals surface area contributed by atoms with Crippen molar-refractivity contribution in [3.63, 3.8) is 0 Å². The lowest BCUT2D eigenvalue weighted by Crippen LogP contribution is -2.31. The first-order valence-electron chi connectivity index (χ1n) is 5.67. The zero-order chi connectivity index (χ0) is 11.6. The second-order valence-corrected chi connectivity index (χ2v) is 5.06. The SMILES string of the molecule is CNCC(C)(C)Cn1ncc2ccccc21. The van der Waals surface area contributed by atoms with Gasteiger partial charge < -0.3 is 5.32 Å². The molecule has 0 saturated heterocycles. The van der Waals surface area contributed by atoms with Crippen LogP contribution in [0.1, 0.15) is 13.8 Å². The smallest absolute Gasteiger partial charge is 0.0682 e. The maximum absolute atomic E-state index is 4.45. The Morgan fingerprint density at radius 1 is 1.31 bits per heavy atom. The van der Waals surface area contributed by atoms with E-state index in [1.807, 2.05) is 19.3 Å². The van der Waals surface area contributed by atoms with Crippen molar-refractivity contribution in [2.75, 3.05) is 13.6 Å². The van der Waals surface area contributed by atoms with E-state index >= 15 is 0 Å². The minimum absolute atomic E-state index is 0.212. The number of benzene rings is 1. The summed E-state index contributed by atoms with van der Waals surface area (Å²) >= 11 is 0. The van der Waals surface area contributed by atoms with Crippen LogP contribution >= 0.6 is 0 Å². The molecular formula is C13H19N3. The molecule has 0 radical (unpaired) electrons. The number of hydrogen-bond acceptors (Lipinski definition) is 2. The Morgan fingerprint density at radius 2 is 2.06 bits per heavy atom. The van der Waals surface area contributed by atoms with Crippen LogP contribution in [-0.2, 0) is 6.54 Å². The summed E-state index contributed by atoms with van der Waals surface area (Å²) in [6, 6.07) is 8.33. The Balaban J connectivity index is 2.27. The molecule has 2 rings (SSSR count). The van der Waals surface area contributed by atoms with Crippen LogP contribution < -0.4 is 5.32 Å². The largest absolute Gasteiger partial charge is 0.319 e. The second kappa shape index (κ2) is 4.26. The Kier molecular flexibility index (Phi) is 2.97. The van der Waals surface area contributed by atoms with E-state index < -0.39 is 0 Å². The molecule has 0 saturated carbocycles. The topological polar surface area (TPSA) is 29.9 Å². The Hall–Kier alpha value is -1.35. The van der Waals surface area contributed by atoms with Crippen molar-refractivity contribution in [1.82, 2.24) is 15.1 Å². The molecule has 16 heavy (non-hydrogen) atoms. The molecular weight excluding hydrogens is 198 g/mol. The summed E-state index contributed by atoms with van der Waals surface area (Å²) in [5, 5.41) is 8.89. The molecule has 1 N–H and O–H groups in total. The monoisotopic (exact) mass is 217 g/mol. The van der Waals surface area contributed by atoms with Crippen LogP contribution in [0.4, 0.5) is 0 Å². The number of aromatic nitrogens is 2. The molecule has 0 aliphatic carbocycles. The van der Waals surface area contributed by atoms with Gasteiger partial charge in [-0.3, -0.25) is 4.68 Å². The third-order valence-corrected chi connectivity index (χ3v) is 2.78. The number of hydrogen-bond donors (Lipinski definition) is 1. The number of rotatable bonds is 4. The highest BCUT2D eigenvalue weighted by Gasteiger charge is 2.18. The molecule has 0 spiro atoms. The van der Waals surface area contributed by atoms with E-state index in [2.05, 4.69) is 47.1 Å². The van der Waals surface area contributed by atoms with Crippen LogP contribution in [0.2, 0.25) is 0 Å². The van der Waals surface area contributed by atoms with Gasteiger partial charge in [0, 0.05) is 18.5 Å². The fraction of sp³-hybridized carbons (Fsp3) is 0.462. The lowest BCUT2D eigenvalue weighted by Gasteiger charge is -2.24. The fourth-order valence-corrected chi connectivity index (χ4v) is 2.09. The van der Waals surface area contributed by atoms with Gasteiger partial charge in [0.15, 0.2) is 0 Å². The minimum Gasteiger partial charge on any atom is -0.319 e. The van der Waals surface area contributed by atoms with Crippen molar-refractivity contribution in [3.05, 3.63) is 30.5 Å². The van der Waals surface area contributed by atoms with Crippen molar-refractivity contribution in [3.8, 4) is 0 Å². The van der Waals surface area contributed by atoms with Gasteiger partial charge in [-0.2, -0.15) is 5.10 Å². The average Bonchev–Trinajstić information content (AvgIpc) is 2.61. The van der Waals surface area contributed by atoms with E-state index in [4.69, 9.17) is 0 Å². The quantitative estimate of drug-likeness (QED) is 0.851. The van der Waals surface area contributed by atoms with Gasteiger partial charge in [-0.25, -0.2) is 0 Å². The van der Waals surface area contributed by atoms with Crippen molar-refractivity contribution in [1.29, 1.82) is 0 Å². The molecule has 0 amide bonds. The third kappa shape index (κ3) is 2.25. The molecule has 3 nitrogen and oxygen atoms in total. The maximum atomic E-state index is 4.45. The fourth-order valence-electron chi connectivity index (χ4n) is 2.09. The predicted molar refractivity (Wildman–Crippen MR) is 67.4 cm³/mol. The second-order valence-electron chi connectivity index (χ2n) is 5.06. The van der Waals surface area contributed by atoms with Gasteiger partial charge in [-0.1, -0.05) is 32.0 Å². The number of nitrogens with one attached hydrogen (secondary N) is 1. The minimum atomic E-state index is 0.212. The normalized spacial score (nSPS) is 12.2. The Bertz CT molecular complexity index is 471. The Labute approximate surface area is 96.5 Å². The standard InChI is InChI=1S/C13H19N3/c1-13(2,9-14-3)10-16-12-7-5-4-6-11(12)8-15-16/h4-8,14H,9-10H2,1-3H3. The summed E-state index contributed by atoms with van der Waals surface area (Å²) in [7, 11) is 1.99. The number of fused-ring (bicyclic) bond motifs is 1. The van der Waals surface area contributed by atoms with Crippen LogP contribution in [0.5, 0.6) is 0 Å². The molecule has 0 atom stereocenters. The number of para-hydroxylation sites is 1. The average molecular weight is 217 g/mol. The van der Waals surface area contributed by atoms with Gasteiger partial charge in [0.2, 0.25) is 0 Å². The van der Waals surface area contributed by atoms with Crippen molar-refractivity contribution in [2.45, 2.75) is 20.4 Å². The maximum Gasteiger partial charge on any atom is 0.0682 e. The van der Waals surface area contributed by atoms with E-state index in [9.17, 15) is 0 Å². The first-order chi connectivity index (χ1) is 7.62. The van der Waals surface area contributed by atoms with Gasteiger partial charge in [0.25, 0.3) is 0 Å². The number of nitrogens with zero attached hydrogens (tertiary/aromatic N) is 2. The highest BCUT2D eigenvalue weighted by Crippen LogP contribution is 2.20. The van der Waals surface area contributed by atoms with Crippen LogP contribution in [0, 0.1) is 5.41 Å². The van der Waals surface area contributed by atoms with Crippen molar-refractivity contribution >= 4 is 10.9 Å². The highest BCUT2D eigenvalue weighted by molar-refractivity contribution is 5.78. The summed E-state index contributed by atoms with van der Waals surface area (Å²) in [6.07, 6.45) is 1.94. The molecule has 1 aromatic heterocycles. The molecule has 0 unspecified atom stereocenters. The van der Waals surface area contributed by atoms with Gasteiger partial charge in [0.1, 0.15) is 0 Å². The third-order valence-electron chi connectivity index (χ3n) is 2.78. The van der Waals surface area contributed by atoms with E-state index in [1.165, 1.54) is 10.9 Å². The molecule has 0 bridgehead atoms.